The van der Waals surface area contributed by atoms with Crippen molar-refractivity contribution in [2.45, 2.75) is 26.2 Å². The normalized spacial score (nSPS) is 18.8. The first-order valence-electron chi connectivity index (χ1n) is 10.1. The molecule has 3 aromatic rings. The molecule has 0 spiro atoms. The molecule has 1 saturated heterocycles. The molecule has 0 radical (unpaired) electrons. The Morgan fingerprint density at radius 1 is 1.32 bits per heavy atom. The van der Waals surface area contributed by atoms with Crippen LogP contribution in [0.15, 0.2) is 47.1 Å². The highest BCUT2D eigenvalue weighted by Gasteiger charge is 2.45. The van der Waals surface area contributed by atoms with Gasteiger partial charge in [0.25, 0.3) is 5.91 Å². The van der Waals surface area contributed by atoms with Gasteiger partial charge in [-0.15, -0.1) is 0 Å². The van der Waals surface area contributed by atoms with Crippen LogP contribution in [0, 0.1) is 16.4 Å². The molecular formula is C22H22FN3O5. The molecule has 1 aliphatic heterocycles. The molecule has 0 N–H and O–H groups in total. The van der Waals surface area contributed by atoms with Gasteiger partial charge >= 0.3 is 5.97 Å². The maximum Gasteiger partial charge on any atom is 0.314 e. The zero-order valence-electron chi connectivity index (χ0n) is 17.0. The van der Waals surface area contributed by atoms with Gasteiger partial charge in [-0.3, -0.25) is 14.2 Å². The Morgan fingerprint density at radius 3 is 2.90 bits per heavy atom. The van der Waals surface area contributed by atoms with Crippen LogP contribution in [-0.4, -0.2) is 41.6 Å². The lowest BCUT2D eigenvalue weighted by Crippen LogP contribution is -2.51. The fourth-order valence-corrected chi connectivity index (χ4v) is 4.17. The van der Waals surface area contributed by atoms with E-state index in [0.29, 0.717) is 30.5 Å². The van der Waals surface area contributed by atoms with Crippen molar-refractivity contribution in [3.05, 3.63) is 64.6 Å². The standard InChI is InChI=1S/C22H22FN3O5/c1-2-30-21(28)22(13-16-6-3-4-7-17(16)23)10-5-11-25(14-22)20(27)15-8-9-19-18(12-15)24-31-26(19)29/h3-4,6-9,12H,2,5,10-11,13-14H2,1H3. The highest BCUT2D eigenvalue weighted by Crippen LogP contribution is 2.36. The van der Waals surface area contributed by atoms with Gasteiger partial charge in [0.1, 0.15) is 5.82 Å². The van der Waals surface area contributed by atoms with E-state index in [0.717, 1.165) is 0 Å². The van der Waals surface area contributed by atoms with Gasteiger partial charge in [0.15, 0.2) is 0 Å². The van der Waals surface area contributed by atoms with Crippen LogP contribution in [0.4, 0.5) is 4.39 Å². The monoisotopic (exact) mass is 427 g/mol. The maximum absolute atomic E-state index is 14.4. The molecule has 1 fully saturated rings. The van der Waals surface area contributed by atoms with Crippen LogP contribution < -0.4 is 4.90 Å². The van der Waals surface area contributed by atoms with Crippen molar-refractivity contribution in [3.8, 4) is 0 Å². The highest BCUT2D eigenvalue weighted by atomic mass is 19.1. The SMILES string of the molecule is CCOC(=O)C1(Cc2ccccc2F)CCCN(C(=O)c2ccc3c(c2)no[n+]3[O-])C1. The molecule has 1 unspecified atom stereocenters. The van der Waals surface area contributed by atoms with Crippen LogP contribution in [0.25, 0.3) is 11.0 Å². The Morgan fingerprint density at radius 2 is 2.13 bits per heavy atom. The minimum Gasteiger partial charge on any atom is -0.466 e. The summed E-state index contributed by atoms with van der Waals surface area (Å²) in [6.45, 7) is 2.48. The number of carbonyl (C=O) groups excluding carboxylic acids is 2. The number of nitrogens with zero attached hydrogens (tertiary/aromatic N) is 3. The second kappa shape index (κ2) is 8.33. The number of hydrogen-bond acceptors (Lipinski definition) is 6. The first-order chi connectivity index (χ1) is 14.9. The molecule has 9 heteroatoms. The van der Waals surface area contributed by atoms with E-state index < -0.39 is 17.2 Å². The summed E-state index contributed by atoms with van der Waals surface area (Å²) >= 11 is 0. The summed E-state index contributed by atoms with van der Waals surface area (Å²) in [5.74, 6) is -1.13. The molecule has 2 heterocycles. The molecule has 1 aromatic heterocycles. The van der Waals surface area contributed by atoms with Gasteiger partial charge in [-0.25, -0.2) is 4.39 Å². The summed E-state index contributed by atoms with van der Waals surface area (Å²) in [6.07, 6.45) is 1.20. The second-order valence-electron chi connectivity index (χ2n) is 7.73. The number of benzene rings is 2. The van der Waals surface area contributed by atoms with Crippen molar-refractivity contribution in [2.75, 3.05) is 19.7 Å². The Balaban J connectivity index is 1.63. The third-order valence-electron chi connectivity index (χ3n) is 5.69. The number of likely N-dealkylation sites (tertiary alicyclic amines) is 1. The first-order valence-corrected chi connectivity index (χ1v) is 10.1. The first kappa shape index (κ1) is 20.8. The van der Waals surface area contributed by atoms with Crippen LogP contribution >= 0.6 is 0 Å². The number of amides is 1. The fourth-order valence-electron chi connectivity index (χ4n) is 4.17. The van der Waals surface area contributed by atoms with E-state index in [1.807, 2.05) is 0 Å². The smallest absolute Gasteiger partial charge is 0.314 e. The number of fused-ring (bicyclic) bond motifs is 1. The van der Waals surface area contributed by atoms with Gasteiger partial charge in [0.05, 0.1) is 12.0 Å². The average molecular weight is 427 g/mol. The molecule has 0 bridgehead atoms. The Bertz CT molecular complexity index is 1130. The van der Waals surface area contributed by atoms with Crippen LogP contribution in [0.2, 0.25) is 0 Å². The molecule has 1 amide bonds. The fraction of sp³-hybridized carbons (Fsp3) is 0.364. The van der Waals surface area contributed by atoms with Crippen molar-refractivity contribution in [3.63, 3.8) is 0 Å². The van der Waals surface area contributed by atoms with E-state index in [4.69, 9.17) is 4.74 Å². The number of piperidine rings is 1. The number of hydrogen-bond donors (Lipinski definition) is 0. The van der Waals surface area contributed by atoms with E-state index >= 15 is 0 Å². The van der Waals surface area contributed by atoms with Gasteiger partial charge < -0.3 is 14.8 Å². The van der Waals surface area contributed by atoms with Crippen molar-refractivity contribution in [1.29, 1.82) is 0 Å². The van der Waals surface area contributed by atoms with Crippen LogP contribution in [0.1, 0.15) is 35.7 Å². The topological polar surface area (TPSA) is 99.6 Å². The quantitative estimate of drug-likeness (QED) is 0.458. The lowest BCUT2D eigenvalue weighted by Gasteiger charge is -2.41. The Labute approximate surface area is 177 Å². The maximum atomic E-state index is 14.4. The number of ether oxygens (including phenoxy) is 1. The second-order valence-corrected chi connectivity index (χ2v) is 7.73. The van der Waals surface area contributed by atoms with Gasteiger partial charge in [-0.05, 0) is 54.9 Å². The summed E-state index contributed by atoms with van der Waals surface area (Å²) in [5.41, 5.74) is 0.180. The summed E-state index contributed by atoms with van der Waals surface area (Å²) in [5, 5.41) is 15.1. The molecule has 4 rings (SSSR count). The summed E-state index contributed by atoms with van der Waals surface area (Å²) in [4.78, 5) is 28.0. The van der Waals surface area contributed by atoms with E-state index in [1.165, 1.54) is 24.3 Å². The minimum absolute atomic E-state index is 0.109. The van der Waals surface area contributed by atoms with E-state index in [-0.39, 0.29) is 41.4 Å². The summed E-state index contributed by atoms with van der Waals surface area (Å²) in [7, 11) is 0. The number of carbonyl (C=O) groups is 2. The van der Waals surface area contributed by atoms with Crippen molar-refractivity contribution in [2.24, 2.45) is 5.41 Å². The molecule has 31 heavy (non-hydrogen) atoms. The van der Waals surface area contributed by atoms with Crippen LogP contribution in [-0.2, 0) is 16.0 Å². The van der Waals surface area contributed by atoms with Crippen molar-refractivity contribution >= 4 is 22.9 Å². The zero-order chi connectivity index (χ0) is 22.0. The van der Waals surface area contributed by atoms with Crippen molar-refractivity contribution in [1.82, 2.24) is 10.1 Å². The van der Waals surface area contributed by atoms with E-state index in [9.17, 15) is 19.2 Å². The summed E-state index contributed by atoms with van der Waals surface area (Å²) in [6, 6.07) is 10.8. The molecule has 0 saturated carbocycles. The van der Waals surface area contributed by atoms with E-state index in [1.54, 1.807) is 30.0 Å². The van der Waals surface area contributed by atoms with Gasteiger partial charge in [0, 0.05) is 29.9 Å². The molecule has 0 aliphatic carbocycles. The largest absolute Gasteiger partial charge is 0.466 e. The van der Waals surface area contributed by atoms with E-state index in [2.05, 4.69) is 9.79 Å². The molecule has 1 aliphatic rings. The Hall–Kier alpha value is -3.49. The molecule has 8 nitrogen and oxygen atoms in total. The number of esters is 1. The average Bonchev–Trinajstić information content (AvgIpc) is 3.15. The van der Waals surface area contributed by atoms with Crippen molar-refractivity contribution < 1.29 is 28.2 Å². The molecule has 162 valence electrons. The molecule has 2 aromatic carbocycles. The highest BCUT2D eigenvalue weighted by molar-refractivity contribution is 5.97. The number of rotatable bonds is 5. The third-order valence-corrected chi connectivity index (χ3v) is 5.69. The van der Waals surface area contributed by atoms with Crippen LogP contribution in [0.3, 0.4) is 0 Å². The number of halogens is 1. The molecule has 1 atom stereocenters. The predicted octanol–water partition coefficient (Wildman–Crippen LogP) is 2.63. The lowest BCUT2D eigenvalue weighted by atomic mass is 9.74. The third kappa shape index (κ3) is 3.95. The number of aromatic nitrogens is 2. The molecular weight excluding hydrogens is 405 g/mol. The minimum atomic E-state index is -1.04. The lowest BCUT2D eigenvalue weighted by molar-refractivity contribution is -0.782. The van der Waals surface area contributed by atoms with Crippen LogP contribution in [0.5, 0.6) is 0 Å². The Kier molecular flexibility index (Phi) is 5.58. The van der Waals surface area contributed by atoms with Gasteiger partial charge in [-0.1, -0.05) is 18.2 Å². The van der Waals surface area contributed by atoms with Gasteiger partial charge in [0.2, 0.25) is 11.0 Å². The zero-order valence-corrected chi connectivity index (χ0v) is 17.0. The predicted molar refractivity (Wildman–Crippen MR) is 107 cm³/mol. The summed E-state index contributed by atoms with van der Waals surface area (Å²) < 4.78 is 24.2. The van der Waals surface area contributed by atoms with Gasteiger partial charge in [-0.2, -0.15) is 0 Å².